The van der Waals surface area contributed by atoms with Gasteiger partial charge in [-0.2, -0.15) is 0 Å². The Kier molecular flexibility index (Phi) is 4.48. The van der Waals surface area contributed by atoms with Gasteiger partial charge >= 0.3 is 0 Å². The molecule has 0 fully saturated rings. The van der Waals surface area contributed by atoms with Crippen molar-refractivity contribution in [3.63, 3.8) is 0 Å². The van der Waals surface area contributed by atoms with Crippen molar-refractivity contribution in [2.75, 3.05) is 5.32 Å². The first-order valence-corrected chi connectivity index (χ1v) is 7.68. The van der Waals surface area contributed by atoms with E-state index in [1.54, 1.807) is 18.2 Å². The fraction of sp³-hybridized carbons (Fsp3) is 0.118. The summed E-state index contributed by atoms with van der Waals surface area (Å²) in [7, 11) is 0. The van der Waals surface area contributed by atoms with Crippen molar-refractivity contribution in [3.8, 4) is 0 Å². The van der Waals surface area contributed by atoms with Gasteiger partial charge in [0.05, 0.1) is 22.8 Å². The second kappa shape index (κ2) is 6.72. The molecule has 1 aromatic carbocycles. The Balaban J connectivity index is 1.73. The van der Waals surface area contributed by atoms with E-state index in [1.807, 2.05) is 35.0 Å². The fourth-order valence-corrected chi connectivity index (χ4v) is 2.52. The van der Waals surface area contributed by atoms with Crippen LogP contribution in [0.2, 0.25) is 5.02 Å². The van der Waals surface area contributed by atoms with Crippen molar-refractivity contribution < 1.29 is 9.59 Å². The molecule has 2 heterocycles. The van der Waals surface area contributed by atoms with Crippen LogP contribution >= 0.6 is 11.6 Å². The third-order valence-electron chi connectivity index (χ3n) is 3.38. The van der Waals surface area contributed by atoms with Gasteiger partial charge in [0.1, 0.15) is 5.65 Å². The number of fused-ring (bicyclic) bond motifs is 1. The standard InChI is InChI=1S/C17H15ClN4O2/c1-11(23)20-12-5-6-15(18)14(8-12)17(24)19-9-13-10-22-7-3-2-4-16(22)21-13/h2-8,10H,9H2,1H3,(H,19,24)(H,20,23). The first kappa shape index (κ1) is 16.0. The molecule has 0 atom stereocenters. The molecule has 0 spiro atoms. The van der Waals surface area contributed by atoms with Crippen molar-refractivity contribution in [2.24, 2.45) is 0 Å². The summed E-state index contributed by atoms with van der Waals surface area (Å²) in [4.78, 5) is 27.9. The largest absolute Gasteiger partial charge is 0.346 e. The summed E-state index contributed by atoms with van der Waals surface area (Å²) in [6.07, 6.45) is 3.74. The van der Waals surface area contributed by atoms with Gasteiger partial charge in [0.25, 0.3) is 5.91 Å². The molecule has 24 heavy (non-hydrogen) atoms. The Hall–Kier alpha value is -2.86. The van der Waals surface area contributed by atoms with Gasteiger partial charge in [-0.3, -0.25) is 9.59 Å². The van der Waals surface area contributed by atoms with E-state index in [4.69, 9.17) is 11.6 Å². The molecule has 122 valence electrons. The minimum atomic E-state index is -0.329. The number of rotatable bonds is 4. The SMILES string of the molecule is CC(=O)Nc1ccc(Cl)c(C(=O)NCc2cn3ccccc3n2)c1. The molecule has 0 saturated carbocycles. The number of carbonyl (C=O) groups is 2. The molecule has 3 aromatic rings. The van der Waals surface area contributed by atoms with Crippen molar-refractivity contribution in [2.45, 2.75) is 13.5 Å². The van der Waals surface area contributed by atoms with Gasteiger partial charge < -0.3 is 15.0 Å². The number of halogens is 1. The summed E-state index contributed by atoms with van der Waals surface area (Å²) in [6.45, 7) is 1.68. The molecular weight excluding hydrogens is 328 g/mol. The summed E-state index contributed by atoms with van der Waals surface area (Å²) in [5.41, 5.74) is 2.37. The Bertz CT molecular complexity index is 887. The highest BCUT2D eigenvalue weighted by atomic mass is 35.5. The fourth-order valence-electron chi connectivity index (χ4n) is 2.32. The summed E-state index contributed by atoms with van der Waals surface area (Å²) in [5.74, 6) is -0.544. The Morgan fingerprint density at radius 3 is 2.83 bits per heavy atom. The van der Waals surface area contributed by atoms with Gasteiger partial charge in [-0.1, -0.05) is 17.7 Å². The first-order chi connectivity index (χ1) is 11.5. The number of nitrogens with one attached hydrogen (secondary N) is 2. The van der Waals surface area contributed by atoms with Crippen LogP contribution in [0.4, 0.5) is 5.69 Å². The molecular formula is C17H15ClN4O2. The molecule has 0 radical (unpaired) electrons. The van der Waals surface area contributed by atoms with Crippen LogP contribution in [0.25, 0.3) is 5.65 Å². The number of amides is 2. The maximum absolute atomic E-state index is 12.3. The highest BCUT2D eigenvalue weighted by Crippen LogP contribution is 2.20. The molecule has 2 N–H and O–H groups in total. The summed E-state index contributed by atoms with van der Waals surface area (Å²) >= 11 is 6.08. The van der Waals surface area contributed by atoms with Crippen molar-refractivity contribution in [1.82, 2.24) is 14.7 Å². The molecule has 0 aliphatic heterocycles. The average molecular weight is 343 g/mol. The summed E-state index contributed by atoms with van der Waals surface area (Å²) < 4.78 is 1.88. The summed E-state index contributed by atoms with van der Waals surface area (Å²) in [6, 6.07) is 10.5. The Morgan fingerprint density at radius 2 is 2.08 bits per heavy atom. The third-order valence-corrected chi connectivity index (χ3v) is 3.70. The van der Waals surface area contributed by atoms with Crippen LogP contribution in [0, 0.1) is 0 Å². The third kappa shape index (κ3) is 3.55. The molecule has 0 saturated heterocycles. The second-order valence-electron chi connectivity index (χ2n) is 5.26. The lowest BCUT2D eigenvalue weighted by molar-refractivity contribution is -0.114. The molecule has 6 nitrogen and oxygen atoms in total. The number of carbonyl (C=O) groups excluding carboxylic acids is 2. The van der Waals surface area contributed by atoms with Crippen LogP contribution in [0.5, 0.6) is 0 Å². The van der Waals surface area contributed by atoms with Crippen molar-refractivity contribution >= 4 is 34.7 Å². The lowest BCUT2D eigenvalue weighted by atomic mass is 10.2. The van der Waals surface area contributed by atoms with Crippen LogP contribution in [-0.4, -0.2) is 21.2 Å². The molecule has 2 amide bonds. The minimum absolute atomic E-state index is 0.214. The zero-order valence-electron chi connectivity index (χ0n) is 12.9. The molecule has 0 unspecified atom stereocenters. The van der Waals surface area contributed by atoms with Crippen LogP contribution in [0.3, 0.4) is 0 Å². The number of imidazole rings is 1. The van der Waals surface area contributed by atoms with Crippen LogP contribution < -0.4 is 10.6 Å². The number of hydrogen-bond donors (Lipinski definition) is 2. The number of pyridine rings is 1. The van der Waals surface area contributed by atoms with Gasteiger partial charge in [0.2, 0.25) is 5.91 Å². The lowest BCUT2D eigenvalue weighted by Gasteiger charge is -2.08. The maximum atomic E-state index is 12.3. The van der Waals surface area contributed by atoms with E-state index in [9.17, 15) is 9.59 Å². The maximum Gasteiger partial charge on any atom is 0.253 e. The first-order valence-electron chi connectivity index (χ1n) is 7.31. The van der Waals surface area contributed by atoms with E-state index in [-0.39, 0.29) is 18.4 Å². The van der Waals surface area contributed by atoms with E-state index in [0.717, 1.165) is 11.3 Å². The topological polar surface area (TPSA) is 75.5 Å². The van der Waals surface area contributed by atoms with Gasteiger partial charge in [0.15, 0.2) is 0 Å². The van der Waals surface area contributed by atoms with Crippen molar-refractivity contribution in [3.05, 3.63) is 65.1 Å². The number of anilines is 1. The van der Waals surface area contributed by atoms with Crippen molar-refractivity contribution in [1.29, 1.82) is 0 Å². The number of benzene rings is 1. The van der Waals surface area contributed by atoms with E-state index in [1.165, 1.54) is 6.92 Å². The highest BCUT2D eigenvalue weighted by Gasteiger charge is 2.12. The van der Waals surface area contributed by atoms with E-state index >= 15 is 0 Å². The predicted octanol–water partition coefficient (Wildman–Crippen LogP) is 2.88. The minimum Gasteiger partial charge on any atom is -0.346 e. The Labute approximate surface area is 143 Å². The van der Waals surface area contributed by atoms with Crippen LogP contribution in [0.1, 0.15) is 23.0 Å². The smallest absolute Gasteiger partial charge is 0.253 e. The van der Waals surface area contributed by atoms with Gasteiger partial charge in [-0.15, -0.1) is 0 Å². The van der Waals surface area contributed by atoms with Gasteiger partial charge in [0, 0.05) is 25.0 Å². The zero-order chi connectivity index (χ0) is 17.1. The zero-order valence-corrected chi connectivity index (χ0v) is 13.7. The number of hydrogen-bond acceptors (Lipinski definition) is 3. The lowest BCUT2D eigenvalue weighted by Crippen LogP contribution is -2.23. The molecule has 7 heteroatoms. The monoisotopic (exact) mass is 342 g/mol. The number of nitrogens with zero attached hydrogens (tertiary/aromatic N) is 2. The number of aromatic nitrogens is 2. The Morgan fingerprint density at radius 1 is 1.25 bits per heavy atom. The van der Waals surface area contributed by atoms with E-state index in [0.29, 0.717) is 16.3 Å². The molecule has 0 bridgehead atoms. The molecule has 0 aliphatic rings. The van der Waals surface area contributed by atoms with Crippen LogP contribution in [-0.2, 0) is 11.3 Å². The normalized spacial score (nSPS) is 10.6. The summed E-state index contributed by atoms with van der Waals surface area (Å²) in [5, 5.41) is 5.73. The van der Waals surface area contributed by atoms with Crippen LogP contribution in [0.15, 0.2) is 48.8 Å². The molecule has 3 rings (SSSR count). The van der Waals surface area contributed by atoms with E-state index < -0.39 is 0 Å². The highest BCUT2D eigenvalue weighted by molar-refractivity contribution is 6.34. The second-order valence-corrected chi connectivity index (χ2v) is 5.66. The predicted molar refractivity (Wildman–Crippen MR) is 92.1 cm³/mol. The average Bonchev–Trinajstić information content (AvgIpc) is 2.97. The molecule has 2 aromatic heterocycles. The molecule has 0 aliphatic carbocycles. The van der Waals surface area contributed by atoms with Gasteiger partial charge in [-0.05, 0) is 30.3 Å². The quantitative estimate of drug-likeness (QED) is 0.765. The van der Waals surface area contributed by atoms with E-state index in [2.05, 4.69) is 15.6 Å². The van der Waals surface area contributed by atoms with Gasteiger partial charge in [-0.25, -0.2) is 4.98 Å².